The van der Waals surface area contributed by atoms with E-state index in [1.54, 1.807) is 0 Å². The highest BCUT2D eigenvalue weighted by Gasteiger charge is 2.22. The number of rotatable bonds is 1. The number of hydrogen-bond donors (Lipinski definition) is 1. The van der Waals surface area contributed by atoms with Gasteiger partial charge in [-0.2, -0.15) is 0 Å². The lowest BCUT2D eigenvalue weighted by Gasteiger charge is -2.13. The summed E-state index contributed by atoms with van der Waals surface area (Å²) in [5, 5.41) is 13.1. The zero-order chi connectivity index (χ0) is 8.97. The first-order valence-electron chi connectivity index (χ1n) is 4.46. The molecule has 12 heavy (non-hydrogen) atoms. The van der Waals surface area contributed by atoms with E-state index in [1.165, 1.54) is 0 Å². The van der Waals surface area contributed by atoms with Crippen LogP contribution in [0, 0.1) is 5.92 Å². The third kappa shape index (κ3) is 2.40. The Morgan fingerprint density at radius 1 is 1.33 bits per heavy atom. The first-order valence-corrected chi connectivity index (χ1v) is 4.46. The predicted molar refractivity (Wildman–Crippen MR) is 46.6 cm³/mol. The van der Waals surface area contributed by atoms with Gasteiger partial charge in [-0.3, -0.25) is 0 Å². The van der Waals surface area contributed by atoms with Crippen molar-refractivity contribution in [3.8, 4) is 0 Å². The normalized spacial score (nSPS) is 36.7. The Morgan fingerprint density at radius 2 is 2.00 bits per heavy atom. The van der Waals surface area contributed by atoms with Gasteiger partial charge in [0.25, 0.3) is 0 Å². The summed E-state index contributed by atoms with van der Waals surface area (Å²) >= 11 is 0. The highest BCUT2D eigenvalue weighted by atomic mass is 16.3. The molecule has 3 atom stereocenters. The van der Waals surface area contributed by atoms with E-state index in [1.807, 2.05) is 0 Å². The van der Waals surface area contributed by atoms with Gasteiger partial charge < -0.3 is 5.11 Å². The zero-order valence-corrected chi connectivity index (χ0v) is 7.35. The fourth-order valence-electron chi connectivity index (χ4n) is 1.64. The molecule has 0 spiro atoms. The van der Waals surface area contributed by atoms with Crippen molar-refractivity contribution in [2.75, 3.05) is 0 Å². The lowest BCUT2D eigenvalue weighted by molar-refractivity contribution is 0.136. The minimum Gasteiger partial charge on any atom is -0.393 e. The highest BCUT2D eigenvalue weighted by Crippen LogP contribution is 2.24. The number of aliphatic hydroxyl groups excluding tert-OH is 1. The van der Waals surface area contributed by atoms with E-state index in [2.05, 4.69) is 16.9 Å². The molecule has 0 aromatic rings. The Bertz CT molecular complexity index is 189. The molecule has 4 nitrogen and oxygen atoms in total. The summed E-state index contributed by atoms with van der Waals surface area (Å²) in [7, 11) is 0. The fraction of sp³-hybridized carbons (Fsp3) is 1.00. The van der Waals surface area contributed by atoms with Gasteiger partial charge >= 0.3 is 0 Å². The molecule has 1 N–H and O–H groups in total. The predicted octanol–water partition coefficient (Wildman–Crippen LogP) is 2.24. The molecule has 0 aliphatic heterocycles. The van der Waals surface area contributed by atoms with Gasteiger partial charge in [-0.25, -0.2) is 0 Å². The van der Waals surface area contributed by atoms with Crippen molar-refractivity contribution in [3.63, 3.8) is 0 Å². The Kier molecular flexibility index (Phi) is 3.38. The minimum absolute atomic E-state index is 0.194. The van der Waals surface area contributed by atoms with Crippen LogP contribution in [0.3, 0.4) is 0 Å². The van der Waals surface area contributed by atoms with Crippen molar-refractivity contribution >= 4 is 0 Å². The van der Waals surface area contributed by atoms with Crippen molar-refractivity contribution in [1.82, 2.24) is 0 Å². The van der Waals surface area contributed by atoms with E-state index >= 15 is 0 Å². The molecule has 1 rings (SSSR count). The van der Waals surface area contributed by atoms with Crippen LogP contribution < -0.4 is 0 Å². The largest absolute Gasteiger partial charge is 0.393 e. The number of hydrogen-bond acceptors (Lipinski definition) is 2. The second-order valence-corrected chi connectivity index (χ2v) is 3.60. The maximum Gasteiger partial charge on any atom is 0.0633 e. The molecule has 0 unspecified atom stereocenters. The van der Waals surface area contributed by atoms with Gasteiger partial charge in [0, 0.05) is 4.91 Å². The molecule has 1 aliphatic carbocycles. The van der Waals surface area contributed by atoms with Crippen LogP contribution in [-0.4, -0.2) is 17.3 Å². The summed E-state index contributed by atoms with van der Waals surface area (Å²) in [4.78, 5) is 2.74. The maximum absolute atomic E-state index is 9.53. The van der Waals surface area contributed by atoms with E-state index < -0.39 is 6.10 Å². The second kappa shape index (κ2) is 4.33. The lowest BCUT2D eigenvalue weighted by Crippen LogP contribution is -2.21. The standard InChI is InChI=1S/C8H15N3O/c1-6-2-4-7(10-11-9)8(12)5-3-6/h6-8,12H,2-5H2,1H3/t6-,7+,8+/m1/s1. The molecular weight excluding hydrogens is 154 g/mol. The Labute approximate surface area is 72.2 Å². The molecule has 1 aliphatic rings. The average Bonchev–Trinajstić information content (AvgIpc) is 2.20. The lowest BCUT2D eigenvalue weighted by atomic mass is 10.0. The second-order valence-electron chi connectivity index (χ2n) is 3.60. The third-order valence-electron chi connectivity index (χ3n) is 2.55. The van der Waals surface area contributed by atoms with Crippen molar-refractivity contribution in [1.29, 1.82) is 0 Å². The summed E-state index contributed by atoms with van der Waals surface area (Å²) in [6, 6.07) is -0.194. The third-order valence-corrected chi connectivity index (χ3v) is 2.55. The smallest absolute Gasteiger partial charge is 0.0633 e. The van der Waals surface area contributed by atoms with Crippen LogP contribution >= 0.6 is 0 Å². The van der Waals surface area contributed by atoms with Gasteiger partial charge in [0.05, 0.1) is 12.1 Å². The first-order chi connectivity index (χ1) is 5.74. The van der Waals surface area contributed by atoms with Gasteiger partial charge in [0.2, 0.25) is 0 Å². The van der Waals surface area contributed by atoms with E-state index in [9.17, 15) is 5.11 Å². The molecule has 0 saturated heterocycles. The van der Waals surface area contributed by atoms with Crippen LogP contribution in [0.2, 0.25) is 0 Å². The molecule has 4 heteroatoms. The Morgan fingerprint density at radius 3 is 2.67 bits per heavy atom. The van der Waals surface area contributed by atoms with E-state index in [0.29, 0.717) is 5.92 Å². The Balaban J connectivity index is 2.55. The van der Waals surface area contributed by atoms with Crippen molar-refractivity contribution in [3.05, 3.63) is 10.4 Å². The monoisotopic (exact) mass is 169 g/mol. The quantitative estimate of drug-likeness (QED) is 0.278. The van der Waals surface area contributed by atoms with Crippen LogP contribution in [0.15, 0.2) is 5.11 Å². The molecule has 0 radical (unpaired) electrons. The summed E-state index contributed by atoms with van der Waals surface area (Å²) < 4.78 is 0. The topological polar surface area (TPSA) is 69.0 Å². The Hall–Kier alpha value is -0.730. The summed E-state index contributed by atoms with van der Waals surface area (Å²) in [5.74, 6) is 0.651. The molecule has 0 aromatic carbocycles. The van der Waals surface area contributed by atoms with Gasteiger partial charge in [-0.1, -0.05) is 18.5 Å². The average molecular weight is 169 g/mol. The van der Waals surface area contributed by atoms with Crippen molar-refractivity contribution in [2.45, 2.75) is 44.8 Å². The van der Waals surface area contributed by atoms with E-state index in [4.69, 9.17) is 5.53 Å². The SMILES string of the molecule is C[C@@H]1CC[C@H](N=[N+]=[N-])[C@@H](O)CC1. The number of aliphatic hydroxyl groups is 1. The van der Waals surface area contributed by atoms with Gasteiger partial charge in [-0.15, -0.1) is 0 Å². The van der Waals surface area contributed by atoms with E-state index in [-0.39, 0.29) is 6.04 Å². The molecule has 0 bridgehead atoms. The molecule has 68 valence electrons. The van der Waals surface area contributed by atoms with Crippen LogP contribution in [-0.2, 0) is 0 Å². The molecule has 0 aromatic heterocycles. The summed E-state index contributed by atoms with van der Waals surface area (Å²) in [6.07, 6.45) is 3.27. The van der Waals surface area contributed by atoms with Gasteiger partial charge in [0.15, 0.2) is 0 Å². The number of azide groups is 1. The zero-order valence-electron chi connectivity index (χ0n) is 7.35. The molecule has 0 heterocycles. The molecule has 1 fully saturated rings. The van der Waals surface area contributed by atoms with Crippen LogP contribution in [0.25, 0.3) is 10.4 Å². The minimum atomic E-state index is -0.425. The highest BCUT2D eigenvalue weighted by molar-refractivity contribution is 4.80. The van der Waals surface area contributed by atoms with Gasteiger partial charge in [-0.05, 0) is 30.7 Å². The van der Waals surface area contributed by atoms with Gasteiger partial charge in [0.1, 0.15) is 0 Å². The first kappa shape index (κ1) is 9.36. The summed E-state index contributed by atoms with van der Waals surface area (Å²) in [5.41, 5.74) is 8.24. The van der Waals surface area contributed by atoms with E-state index in [0.717, 1.165) is 25.7 Å². The number of nitrogens with zero attached hydrogens (tertiary/aromatic N) is 3. The van der Waals surface area contributed by atoms with Crippen molar-refractivity contribution in [2.24, 2.45) is 11.0 Å². The molecule has 1 saturated carbocycles. The van der Waals surface area contributed by atoms with Crippen molar-refractivity contribution < 1.29 is 5.11 Å². The molecular formula is C8H15N3O. The summed E-state index contributed by atoms with van der Waals surface area (Å²) in [6.45, 7) is 2.17. The van der Waals surface area contributed by atoms with Crippen LogP contribution in [0.4, 0.5) is 0 Å². The maximum atomic E-state index is 9.53. The van der Waals surface area contributed by atoms with Crippen LogP contribution in [0.5, 0.6) is 0 Å². The molecule has 0 amide bonds. The van der Waals surface area contributed by atoms with Crippen LogP contribution in [0.1, 0.15) is 32.6 Å². The fourth-order valence-corrected chi connectivity index (χ4v) is 1.64.